The molecular weight excluding hydrogens is 241 g/mol. The maximum absolute atomic E-state index is 12.9. The van der Waals surface area contributed by atoms with Crippen LogP contribution >= 0.6 is 0 Å². The minimum atomic E-state index is -1.31. The molecule has 1 rings (SSSR count). The van der Waals surface area contributed by atoms with Crippen molar-refractivity contribution in [1.29, 1.82) is 0 Å². The van der Waals surface area contributed by atoms with Crippen molar-refractivity contribution >= 4 is 17.7 Å². The molecule has 0 saturated carbocycles. The summed E-state index contributed by atoms with van der Waals surface area (Å²) in [7, 11) is 0. The Hall–Kier alpha value is -2.24. The first-order valence-corrected chi connectivity index (χ1v) is 5.19. The van der Waals surface area contributed by atoms with Crippen molar-refractivity contribution in [3.8, 4) is 0 Å². The highest BCUT2D eigenvalue weighted by atomic mass is 19.1. The van der Waals surface area contributed by atoms with E-state index in [1.54, 1.807) is 0 Å². The van der Waals surface area contributed by atoms with Gasteiger partial charge in [0.2, 0.25) is 0 Å². The molecule has 18 heavy (non-hydrogen) atoms. The molecule has 96 valence electrons. The van der Waals surface area contributed by atoms with Crippen LogP contribution in [0.2, 0.25) is 0 Å². The average molecular weight is 253 g/mol. The first-order chi connectivity index (χ1) is 8.40. The molecule has 0 aliphatic rings. The number of benzene rings is 1. The van der Waals surface area contributed by atoms with Crippen molar-refractivity contribution in [1.82, 2.24) is 5.32 Å². The summed E-state index contributed by atoms with van der Waals surface area (Å²) in [6, 6.07) is 3.54. The molecule has 1 unspecified atom stereocenters. The predicted molar refractivity (Wildman–Crippen MR) is 60.6 cm³/mol. The van der Waals surface area contributed by atoms with Gasteiger partial charge in [-0.3, -0.25) is 9.59 Å². The smallest absolute Gasteiger partial charge is 0.326 e. The number of halogens is 1. The lowest BCUT2D eigenvalue weighted by atomic mass is 10.1. The number of amides is 1. The Kier molecular flexibility index (Phi) is 4.53. The van der Waals surface area contributed by atoms with Crippen LogP contribution in [0, 0.1) is 5.82 Å². The standard InChI is InChI=1S/C12H12FNO4/c1-7(15)5-10(12(17)18)14-11(16)8-3-2-4-9(13)6-8/h2-4,6,10H,5H2,1H3,(H,14,16)(H,17,18). The largest absolute Gasteiger partial charge is 0.480 e. The lowest BCUT2D eigenvalue weighted by molar-refractivity contribution is -0.140. The Labute approximate surface area is 103 Å². The summed E-state index contributed by atoms with van der Waals surface area (Å²) in [5.74, 6) is -3.00. The third-order valence-corrected chi connectivity index (χ3v) is 2.18. The monoisotopic (exact) mass is 253 g/mol. The molecule has 0 spiro atoms. The van der Waals surface area contributed by atoms with Crippen LogP contribution in [0.25, 0.3) is 0 Å². The van der Waals surface area contributed by atoms with Gasteiger partial charge in [-0.15, -0.1) is 0 Å². The van der Waals surface area contributed by atoms with Crippen molar-refractivity contribution in [3.05, 3.63) is 35.6 Å². The van der Waals surface area contributed by atoms with Gasteiger partial charge in [0.1, 0.15) is 17.6 Å². The fourth-order valence-corrected chi connectivity index (χ4v) is 1.36. The summed E-state index contributed by atoms with van der Waals surface area (Å²) in [6.45, 7) is 1.23. The molecule has 6 heteroatoms. The van der Waals surface area contributed by atoms with Gasteiger partial charge in [-0.05, 0) is 25.1 Å². The molecule has 2 N–H and O–H groups in total. The van der Waals surface area contributed by atoms with Crippen molar-refractivity contribution < 1.29 is 23.9 Å². The Bertz CT molecular complexity index is 487. The number of ketones is 1. The summed E-state index contributed by atoms with van der Waals surface area (Å²) in [5, 5.41) is 11.0. The number of hydrogen-bond donors (Lipinski definition) is 2. The van der Waals surface area contributed by atoms with Crippen molar-refractivity contribution in [2.45, 2.75) is 19.4 Å². The van der Waals surface area contributed by atoms with Crippen LogP contribution in [-0.2, 0) is 9.59 Å². The molecule has 0 bridgehead atoms. The van der Waals surface area contributed by atoms with Crippen LogP contribution < -0.4 is 5.32 Å². The molecule has 1 aromatic rings. The highest BCUT2D eigenvalue weighted by molar-refractivity contribution is 5.97. The number of Topliss-reactive ketones (excluding diaryl/α,β-unsaturated/α-hetero) is 1. The zero-order valence-electron chi connectivity index (χ0n) is 9.64. The quantitative estimate of drug-likeness (QED) is 0.819. The summed E-state index contributed by atoms with van der Waals surface area (Å²) in [6.07, 6.45) is -0.309. The molecule has 5 nitrogen and oxygen atoms in total. The van der Waals surface area contributed by atoms with Crippen molar-refractivity contribution in [2.75, 3.05) is 0 Å². The second kappa shape index (κ2) is 5.90. The minimum Gasteiger partial charge on any atom is -0.480 e. The number of nitrogens with one attached hydrogen (secondary N) is 1. The molecule has 0 radical (unpaired) electrons. The molecule has 0 fully saturated rings. The van der Waals surface area contributed by atoms with Crippen LogP contribution in [0.1, 0.15) is 23.7 Å². The van der Waals surface area contributed by atoms with Crippen LogP contribution in [0.5, 0.6) is 0 Å². The fourth-order valence-electron chi connectivity index (χ4n) is 1.36. The van der Waals surface area contributed by atoms with E-state index in [-0.39, 0.29) is 17.8 Å². The summed E-state index contributed by atoms with van der Waals surface area (Å²) in [4.78, 5) is 33.3. The molecule has 0 heterocycles. The van der Waals surface area contributed by atoms with Crippen molar-refractivity contribution in [3.63, 3.8) is 0 Å². The predicted octanol–water partition coefficient (Wildman–Crippen LogP) is 0.988. The van der Waals surface area contributed by atoms with E-state index in [1.165, 1.54) is 25.1 Å². The van der Waals surface area contributed by atoms with Crippen molar-refractivity contribution in [2.24, 2.45) is 0 Å². The summed E-state index contributed by atoms with van der Waals surface area (Å²) >= 11 is 0. The van der Waals surface area contributed by atoms with E-state index >= 15 is 0 Å². The van der Waals surface area contributed by atoms with Gasteiger partial charge < -0.3 is 10.4 Å². The maximum atomic E-state index is 12.9. The Morgan fingerprint density at radius 1 is 1.39 bits per heavy atom. The zero-order valence-corrected chi connectivity index (χ0v) is 9.64. The maximum Gasteiger partial charge on any atom is 0.326 e. The lowest BCUT2D eigenvalue weighted by Gasteiger charge is -2.12. The lowest BCUT2D eigenvalue weighted by Crippen LogP contribution is -2.41. The highest BCUT2D eigenvalue weighted by Crippen LogP contribution is 2.04. The summed E-state index contributed by atoms with van der Waals surface area (Å²) in [5.41, 5.74) is 0.00445. The van der Waals surface area contributed by atoms with Gasteiger partial charge in [0, 0.05) is 12.0 Å². The van der Waals surface area contributed by atoms with Gasteiger partial charge in [-0.25, -0.2) is 9.18 Å². The molecule has 0 aliphatic heterocycles. The molecule has 0 aliphatic carbocycles. The van der Waals surface area contributed by atoms with E-state index in [9.17, 15) is 18.8 Å². The molecule has 1 aromatic carbocycles. The molecular formula is C12H12FNO4. The number of carboxylic acid groups (broad SMARTS) is 1. The van der Waals surface area contributed by atoms with E-state index in [4.69, 9.17) is 5.11 Å². The number of carbonyl (C=O) groups is 3. The van der Waals surface area contributed by atoms with E-state index in [2.05, 4.69) is 5.32 Å². The Morgan fingerprint density at radius 3 is 2.56 bits per heavy atom. The van der Waals surface area contributed by atoms with Gasteiger partial charge in [-0.2, -0.15) is 0 Å². The average Bonchev–Trinajstić information content (AvgIpc) is 2.27. The van der Waals surface area contributed by atoms with Gasteiger partial charge in [-0.1, -0.05) is 6.07 Å². The fraction of sp³-hybridized carbons (Fsp3) is 0.250. The van der Waals surface area contributed by atoms with Crippen LogP contribution in [0.3, 0.4) is 0 Å². The SMILES string of the molecule is CC(=O)CC(NC(=O)c1cccc(F)c1)C(=O)O. The highest BCUT2D eigenvalue weighted by Gasteiger charge is 2.22. The van der Waals surface area contributed by atoms with Gasteiger partial charge in [0.15, 0.2) is 0 Å². The number of rotatable bonds is 5. The molecule has 0 aromatic heterocycles. The van der Waals surface area contributed by atoms with E-state index in [0.29, 0.717) is 0 Å². The normalized spacial score (nSPS) is 11.7. The second-order valence-electron chi connectivity index (χ2n) is 3.78. The van der Waals surface area contributed by atoms with Gasteiger partial charge in [0.25, 0.3) is 5.91 Å². The molecule has 1 amide bonds. The van der Waals surface area contributed by atoms with Gasteiger partial charge in [0.05, 0.1) is 0 Å². The second-order valence-corrected chi connectivity index (χ2v) is 3.78. The van der Waals surface area contributed by atoms with E-state index in [1.807, 2.05) is 0 Å². The first-order valence-electron chi connectivity index (χ1n) is 5.19. The third-order valence-electron chi connectivity index (χ3n) is 2.18. The molecule has 1 atom stereocenters. The first kappa shape index (κ1) is 13.8. The van der Waals surface area contributed by atoms with E-state index < -0.39 is 23.7 Å². The van der Waals surface area contributed by atoms with Crippen LogP contribution in [0.4, 0.5) is 4.39 Å². The van der Waals surface area contributed by atoms with Crippen LogP contribution in [-0.4, -0.2) is 28.8 Å². The number of carbonyl (C=O) groups excluding carboxylic acids is 2. The van der Waals surface area contributed by atoms with Crippen LogP contribution in [0.15, 0.2) is 24.3 Å². The molecule has 0 saturated heterocycles. The Morgan fingerprint density at radius 2 is 2.06 bits per heavy atom. The number of hydrogen-bond acceptors (Lipinski definition) is 3. The minimum absolute atomic E-state index is 0.00445. The summed E-state index contributed by atoms with van der Waals surface area (Å²) < 4.78 is 12.9. The number of carboxylic acids is 1. The van der Waals surface area contributed by atoms with Gasteiger partial charge >= 0.3 is 5.97 Å². The topological polar surface area (TPSA) is 83.5 Å². The number of aliphatic carboxylic acids is 1. The van der Waals surface area contributed by atoms with E-state index in [0.717, 1.165) is 6.07 Å². The Balaban J connectivity index is 2.78. The third kappa shape index (κ3) is 3.97. The zero-order chi connectivity index (χ0) is 13.7.